The van der Waals surface area contributed by atoms with E-state index in [-0.39, 0.29) is 23.0 Å². The lowest BCUT2D eigenvalue weighted by Crippen LogP contribution is -2.33. The minimum atomic E-state index is -1.17. The molecule has 1 aliphatic rings. The number of ether oxygens (including phenoxy) is 1. The molecule has 2 rings (SSSR count). The number of carbonyl (C=O) groups excluding carboxylic acids is 1. The second-order valence-electron chi connectivity index (χ2n) is 4.28. The van der Waals surface area contributed by atoms with Gasteiger partial charge in [-0.1, -0.05) is 0 Å². The molecule has 0 radical (unpaired) electrons. The maximum Gasteiger partial charge on any atom is 0.233 e. The highest BCUT2D eigenvalue weighted by Gasteiger charge is 2.30. The molecule has 0 aliphatic carbocycles. The summed E-state index contributed by atoms with van der Waals surface area (Å²) in [5, 5.41) is 2.66. The van der Waals surface area contributed by atoms with Crippen LogP contribution in [0.4, 0.5) is 0 Å². The second kappa shape index (κ2) is 6.15. The van der Waals surface area contributed by atoms with Gasteiger partial charge in [0.25, 0.3) is 0 Å². The molecular weight excluding hydrogens is 254 g/mol. The van der Waals surface area contributed by atoms with Crippen molar-refractivity contribution >= 4 is 16.7 Å². The molecule has 2 heterocycles. The molecule has 5 nitrogen and oxygen atoms in total. The van der Waals surface area contributed by atoms with Gasteiger partial charge in [0.1, 0.15) is 11.5 Å². The van der Waals surface area contributed by atoms with Crippen LogP contribution in [0.1, 0.15) is 19.1 Å². The third-order valence-corrected chi connectivity index (χ3v) is 4.80. The van der Waals surface area contributed by atoms with Gasteiger partial charge in [0.2, 0.25) is 5.91 Å². The van der Waals surface area contributed by atoms with Gasteiger partial charge in [0, 0.05) is 17.4 Å². The number of nitrogens with one attached hydrogen (secondary N) is 1. The number of amides is 1. The van der Waals surface area contributed by atoms with Gasteiger partial charge >= 0.3 is 0 Å². The zero-order valence-corrected chi connectivity index (χ0v) is 11.1. The Balaban J connectivity index is 1.75. The van der Waals surface area contributed by atoms with Gasteiger partial charge < -0.3 is 14.5 Å². The molecule has 6 heteroatoms. The molecule has 1 amide bonds. The Kier molecular flexibility index (Phi) is 4.54. The van der Waals surface area contributed by atoms with Crippen molar-refractivity contribution in [3.8, 4) is 0 Å². The number of hydrogen-bond donors (Lipinski definition) is 1. The quantitative estimate of drug-likeness (QED) is 0.861. The summed E-state index contributed by atoms with van der Waals surface area (Å²) in [5.41, 5.74) is 0. The summed E-state index contributed by atoms with van der Waals surface area (Å²) < 4.78 is 22.4. The van der Waals surface area contributed by atoms with E-state index in [9.17, 15) is 9.00 Å². The first-order chi connectivity index (χ1) is 8.66. The third kappa shape index (κ3) is 3.43. The first-order valence-electron chi connectivity index (χ1n) is 5.94. The summed E-state index contributed by atoms with van der Waals surface area (Å²) in [6, 6.07) is 3.54. The Bertz CT molecular complexity index is 418. The third-order valence-electron chi connectivity index (χ3n) is 2.96. The molecule has 1 aromatic heterocycles. The SMILES string of the molecule is C[C@H]1OCC[C@@H]1[S@](=O)CC(=O)NCc1ccco1. The van der Waals surface area contributed by atoms with E-state index in [1.807, 2.05) is 6.92 Å². The van der Waals surface area contributed by atoms with Gasteiger partial charge in [-0.25, -0.2) is 0 Å². The summed E-state index contributed by atoms with van der Waals surface area (Å²) in [6.45, 7) is 2.86. The van der Waals surface area contributed by atoms with Crippen molar-refractivity contribution in [2.75, 3.05) is 12.4 Å². The highest BCUT2D eigenvalue weighted by molar-refractivity contribution is 7.86. The van der Waals surface area contributed by atoms with Gasteiger partial charge in [-0.3, -0.25) is 9.00 Å². The molecule has 1 N–H and O–H groups in total. The van der Waals surface area contributed by atoms with Crippen LogP contribution in [0.15, 0.2) is 22.8 Å². The van der Waals surface area contributed by atoms with Crippen LogP contribution in [0, 0.1) is 0 Å². The van der Waals surface area contributed by atoms with Crippen molar-refractivity contribution in [3.05, 3.63) is 24.2 Å². The van der Waals surface area contributed by atoms with Crippen LogP contribution in [0.5, 0.6) is 0 Å². The highest BCUT2D eigenvalue weighted by Crippen LogP contribution is 2.18. The first kappa shape index (κ1) is 13.3. The van der Waals surface area contributed by atoms with Crippen molar-refractivity contribution in [2.24, 2.45) is 0 Å². The van der Waals surface area contributed by atoms with Crippen LogP contribution in [0.2, 0.25) is 0 Å². The molecule has 1 aromatic rings. The Morgan fingerprint density at radius 3 is 3.06 bits per heavy atom. The Morgan fingerprint density at radius 2 is 2.44 bits per heavy atom. The average molecular weight is 271 g/mol. The Morgan fingerprint density at radius 1 is 1.61 bits per heavy atom. The lowest BCUT2D eigenvalue weighted by molar-refractivity contribution is -0.118. The molecule has 1 saturated heterocycles. The van der Waals surface area contributed by atoms with E-state index in [0.29, 0.717) is 18.9 Å². The molecule has 3 atom stereocenters. The predicted molar refractivity (Wildman–Crippen MR) is 67.4 cm³/mol. The van der Waals surface area contributed by atoms with Crippen LogP contribution in [0.25, 0.3) is 0 Å². The molecule has 1 aliphatic heterocycles. The summed E-state index contributed by atoms with van der Waals surface area (Å²) in [6.07, 6.45) is 2.29. The van der Waals surface area contributed by atoms with Gasteiger partial charge in [0.15, 0.2) is 0 Å². The number of carbonyl (C=O) groups is 1. The molecule has 0 spiro atoms. The summed E-state index contributed by atoms with van der Waals surface area (Å²) in [7, 11) is -1.17. The molecule has 18 heavy (non-hydrogen) atoms. The standard InChI is InChI=1S/C12H17NO4S/c1-9-11(4-6-16-9)18(15)8-12(14)13-7-10-3-2-5-17-10/h2-3,5,9,11H,4,6-8H2,1H3,(H,13,14)/t9-,11+,18-/m1/s1. The normalized spacial score (nSPS) is 24.9. The first-order valence-corrected chi connectivity index (χ1v) is 7.33. The number of furan rings is 1. The van der Waals surface area contributed by atoms with E-state index in [1.54, 1.807) is 18.4 Å². The van der Waals surface area contributed by atoms with Crippen molar-refractivity contribution < 1.29 is 18.2 Å². The lowest BCUT2D eigenvalue weighted by atomic mass is 10.3. The monoisotopic (exact) mass is 271 g/mol. The van der Waals surface area contributed by atoms with Crippen molar-refractivity contribution in [1.82, 2.24) is 5.32 Å². The second-order valence-corrected chi connectivity index (χ2v) is 5.94. The molecule has 0 bridgehead atoms. The number of hydrogen-bond acceptors (Lipinski definition) is 4. The van der Waals surface area contributed by atoms with E-state index < -0.39 is 10.8 Å². The summed E-state index contributed by atoms with van der Waals surface area (Å²) in [5.74, 6) is 0.495. The fourth-order valence-electron chi connectivity index (χ4n) is 1.94. The summed E-state index contributed by atoms with van der Waals surface area (Å²) in [4.78, 5) is 11.6. The van der Waals surface area contributed by atoms with Crippen LogP contribution >= 0.6 is 0 Å². The minimum Gasteiger partial charge on any atom is -0.467 e. The van der Waals surface area contributed by atoms with Gasteiger partial charge in [-0.05, 0) is 25.5 Å². The highest BCUT2D eigenvalue weighted by atomic mass is 32.2. The van der Waals surface area contributed by atoms with E-state index in [0.717, 1.165) is 6.42 Å². The minimum absolute atomic E-state index is 0.0243. The van der Waals surface area contributed by atoms with Crippen molar-refractivity contribution in [3.63, 3.8) is 0 Å². The molecule has 1 fully saturated rings. The Hall–Kier alpha value is -1.14. The predicted octanol–water partition coefficient (Wildman–Crippen LogP) is 0.822. The topological polar surface area (TPSA) is 68.5 Å². The zero-order valence-electron chi connectivity index (χ0n) is 10.3. The molecule has 0 aromatic carbocycles. The molecule has 0 unspecified atom stereocenters. The van der Waals surface area contributed by atoms with Crippen LogP contribution in [0.3, 0.4) is 0 Å². The zero-order chi connectivity index (χ0) is 13.0. The fraction of sp³-hybridized carbons (Fsp3) is 0.583. The van der Waals surface area contributed by atoms with Crippen LogP contribution in [-0.2, 0) is 26.9 Å². The maximum absolute atomic E-state index is 12.0. The van der Waals surface area contributed by atoms with Crippen LogP contribution < -0.4 is 5.32 Å². The molecule has 0 saturated carbocycles. The van der Waals surface area contributed by atoms with Gasteiger partial charge in [-0.2, -0.15) is 0 Å². The molecule has 100 valence electrons. The van der Waals surface area contributed by atoms with Crippen molar-refractivity contribution in [2.45, 2.75) is 31.2 Å². The summed E-state index contributed by atoms with van der Waals surface area (Å²) >= 11 is 0. The van der Waals surface area contributed by atoms with Gasteiger partial charge in [0.05, 0.1) is 24.2 Å². The van der Waals surface area contributed by atoms with Crippen molar-refractivity contribution in [1.29, 1.82) is 0 Å². The van der Waals surface area contributed by atoms with E-state index in [2.05, 4.69) is 5.32 Å². The largest absolute Gasteiger partial charge is 0.467 e. The fourth-order valence-corrected chi connectivity index (χ4v) is 3.38. The van der Waals surface area contributed by atoms with Gasteiger partial charge in [-0.15, -0.1) is 0 Å². The van der Waals surface area contributed by atoms with Crippen LogP contribution in [-0.4, -0.2) is 33.8 Å². The average Bonchev–Trinajstić information content (AvgIpc) is 2.97. The number of rotatable bonds is 5. The van der Waals surface area contributed by atoms with E-state index >= 15 is 0 Å². The Labute approximate surface area is 108 Å². The van der Waals surface area contributed by atoms with E-state index in [1.165, 1.54) is 0 Å². The van der Waals surface area contributed by atoms with E-state index in [4.69, 9.17) is 9.15 Å². The molecular formula is C12H17NO4S. The maximum atomic E-state index is 12.0. The lowest BCUT2D eigenvalue weighted by Gasteiger charge is -2.13. The smallest absolute Gasteiger partial charge is 0.233 e.